The lowest BCUT2D eigenvalue weighted by Gasteiger charge is -2.25. The van der Waals surface area contributed by atoms with Crippen molar-refractivity contribution in [3.63, 3.8) is 0 Å². The van der Waals surface area contributed by atoms with Crippen molar-refractivity contribution in [2.45, 2.75) is 11.3 Å². The SMILES string of the molecule is O=C(CSc1ncccn1)N/N=C/c1cccc(OC2CSC2)c1. The van der Waals surface area contributed by atoms with Crippen molar-refractivity contribution in [3.05, 3.63) is 48.3 Å². The maximum absolute atomic E-state index is 11.7. The first-order valence-electron chi connectivity index (χ1n) is 7.36. The van der Waals surface area contributed by atoms with Crippen molar-refractivity contribution >= 4 is 35.6 Å². The number of carbonyl (C=O) groups is 1. The van der Waals surface area contributed by atoms with E-state index in [1.165, 1.54) is 11.8 Å². The van der Waals surface area contributed by atoms with Crippen LogP contribution in [0.5, 0.6) is 5.75 Å². The van der Waals surface area contributed by atoms with Gasteiger partial charge in [0.1, 0.15) is 11.9 Å². The summed E-state index contributed by atoms with van der Waals surface area (Å²) in [5.41, 5.74) is 3.37. The Labute approximate surface area is 148 Å². The predicted molar refractivity (Wildman–Crippen MR) is 96.7 cm³/mol. The van der Waals surface area contributed by atoms with Gasteiger partial charge in [0.15, 0.2) is 5.16 Å². The molecule has 0 bridgehead atoms. The van der Waals surface area contributed by atoms with Crippen molar-refractivity contribution in [2.24, 2.45) is 5.10 Å². The highest BCUT2D eigenvalue weighted by atomic mass is 32.2. The third kappa shape index (κ3) is 5.24. The van der Waals surface area contributed by atoms with Gasteiger partial charge in [0, 0.05) is 23.9 Å². The Bertz CT molecular complexity index is 708. The van der Waals surface area contributed by atoms with Crippen LogP contribution in [0.3, 0.4) is 0 Å². The lowest BCUT2D eigenvalue weighted by atomic mass is 10.2. The van der Waals surface area contributed by atoms with Gasteiger partial charge in [0.2, 0.25) is 0 Å². The largest absolute Gasteiger partial charge is 0.489 e. The van der Waals surface area contributed by atoms with E-state index in [1.807, 2.05) is 36.0 Å². The zero-order valence-corrected chi connectivity index (χ0v) is 14.4. The molecule has 1 saturated heterocycles. The number of hydrogen-bond acceptors (Lipinski definition) is 7. The van der Waals surface area contributed by atoms with Gasteiger partial charge < -0.3 is 4.74 Å². The van der Waals surface area contributed by atoms with Gasteiger partial charge >= 0.3 is 0 Å². The number of benzene rings is 1. The molecule has 2 heterocycles. The van der Waals surface area contributed by atoms with Gasteiger partial charge in [-0.1, -0.05) is 23.9 Å². The second-order valence-electron chi connectivity index (χ2n) is 4.96. The molecule has 1 aliphatic heterocycles. The Morgan fingerprint density at radius 3 is 2.96 bits per heavy atom. The van der Waals surface area contributed by atoms with Crippen molar-refractivity contribution in [1.82, 2.24) is 15.4 Å². The Morgan fingerprint density at radius 1 is 1.38 bits per heavy atom. The Balaban J connectivity index is 1.45. The van der Waals surface area contributed by atoms with Gasteiger partial charge in [0.25, 0.3) is 5.91 Å². The van der Waals surface area contributed by atoms with Crippen LogP contribution in [-0.4, -0.2) is 45.5 Å². The summed E-state index contributed by atoms with van der Waals surface area (Å²) in [5.74, 6) is 2.91. The number of ether oxygens (including phenoxy) is 1. The molecule has 1 aromatic heterocycles. The first kappa shape index (κ1) is 16.8. The maximum atomic E-state index is 11.7. The van der Waals surface area contributed by atoms with Crippen LogP contribution in [0.1, 0.15) is 5.56 Å². The van der Waals surface area contributed by atoms with Crippen LogP contribution in [0.4, 0.5) is 0 Å². The molecule has 1 N–H and O–H groups in total. The molecule has 0 spiro atoms. The van der Waals surface area contributed by atoms with E-state index in [1.54, 1.807) is 24.7 Å². The van der Waals surface area contributed by atoms with E-state index in [9.17, 15) is 4.79 Å². The molecule has 0 aliphatic carbocycles. The van der Waals surface area contributed by atoms with Crippen molar-refractivity contribution < 1.29 is 9.53 Å². The van der Waals surface area contributed by atoms with Gasteiger partial charge in [-0.25, -0.2) is 15.4 Å². The topological polar surface area (TPSA) is 76.5 Å². The van der Waals surface area contributed by atoms with Gasteiger partial charge in [0.05, 0.1) is 12.0 Å². The van der Waals surface area contributed by atoms with E-state index in [2.05, 4.69) is 20.5 Å². The van der Waals surface area contributed by atoms with E-state index in [0.717, 1.165) is 22.8 Å². The average molecular weight is 360 g/mol. The molecule has 0 saturated carbocycles. The third-order valence-corrected chi connectivity index (χ3v) is 5.14. The third-order valence-electron chi connectivity index (χ3n) is 3.05. The quantitative estimate of drug-likeness (QED) is 0.353. The minimum absolute atomic E-state index is 0.206. The minimum atomic E-state index is -0.206. The van der Waals surface area contributed by atoms with Crippen molar-refractivity contribution in [1.29, 1.82) is 0 Å². The van der Waals surface area contributed by atoms with Crippen molar-refractivity contribution in [3.8, 4) is 5.75 Å². The fourth-order valence-electron chi connectivity index (χ4n) is 1.84. The van der Waals surface area contributed by atoms with Crippen LogP contribution in [0.15, 0.2) is 53.0 Å². The molecule has 1 aliphatic rings. The molecular formula is C16H16N4O2S2. The molecule has 1 fully saturated rings. The van der Waals surface area contributed by atoms with E-state index in [4.69, 9.17) is 4.74 Å². The van der Waals surface area contributed by atoms with Crippen LogP contribution in [-0.2, 0) is 4.79 Å². The number of nitrogens with one attached hydrogen (secondary N) is 1. The molecule has 1 aromatic carbocycles. The van der Waals surface area contributed by atoms with Gasteiger partial charge in [-0.2, -0.15) is 16.9 Å². The number of thioether (sulfide) groups is 2. The highest BCUT2D eigenvalue weighted by Crippen LogP contribution is 2.24. The first-order chi connectivity index (χ1) is 11.8. The molecule has 3 rings (SSSR count). The molecule has 0 atom stereocenters. The summed E-state index contributed by atoms with van der Waals surface area (Å²) < 4.78 is 5.82. The second kappa shape index (κ2) is 8.70. The molecule has 124 valence electrons. The molecule has 24 heavy (non-hydrogen) atoms. The number of hydrazone groups is 1. The van der Waals surface area contributed by atoms with Crippen LogP contribution in [0.2, 0.25) is 0 Å². The number of amides is 1. The van der Waals surface area contributed by atoms with Crippen LogP contribution >= 0.6 is 23.5 Å². The highest BCUT2D eigenvalue weighted by Gasteiger charge is 2.19. The predicted octanol–water partition coefficient (Wildman–Crippen LogP) is 2.21. The summed E-state index contributed by atoms with van der Waals surface area (Å²) in [6.07, 6.45) is 5.19. The summed E-state index contributed by atoms with van der Waals surface area (Å²) in [5, 5.41) is 4.54. The summed E-state index contributed by atoms with van der Waals surface area (Å²) in [6.45, 7) is 0. The first-order valence-corrected chi connectivity index (χ1v) is 9.50. The fourth-order valence-corrected chi connectivity index (χ4v) is 3.00. The molecule has 6 nitrogen and oxygen atoms in total. The van der Waals surface area contributed by atoms with Crippen LogP contribution in [0.25, 0.3) is 0 Å². The number of carbonyl (C=O) groups excluding carboxylic acids is 1. The Kier molecular flexibility index (Phi) is 6.08. The standard InChI is InChI=1S/C16H16N4O2S2/c21-15(11-24-16-17-5-2-6-18-16)20-19-8-12-3-1-4-13(7-12)22-14-9-23-10-14/h1-8,14H,9-11H2,(H,20,21)/b19-8+. The lowest BCUT2D eigenvalue weighted by molar-refractivity contribution is -0.118. The monoisotopic (exact) mass is 360 g/mol. The van der Waals surface area contributed by atoms with Gasteiger partial charge in [-0.15, -0.1) is 0 Å². The molecule has 1 amide bonds. The van der Waals surface area contributed by atoms with E-state index >= 15 is 0 Å². The lowest BCUT2D eigenvalue weighted by Crippen LogP contribution is -2.31. The molecule has 0 unspecified atom stereocenters. The summed E-state index contributed by atoms with van der Waals surface area (Å²) in [4.78, 5) is 19.8. The van der Waals surface area contributed by atoms with E-state index in [-0.39, 0.29) is 11.7 Å². The van der Waals surface area contributed by atoms with Crippen LogP contribution in [0, 0.1) is 0 Å². The highest BCUT2D eigenvalue weighted by molar-refractivity contribution is 8.00. The normalized spacial score (nSPS) is 14.3. The van der Waals surface area contributed by atoms with E-state index < -0.39 is 0 Å². The minimum Gasteiger partial charge on any atom is -0.489 e. The number of rotatable bonds is 7. The number of hydrogen-bond donors (Lipinski definition) is 1. The summed E-state index contributed by atoms with van der Waals surface area (Å²) in [6, 6.07) is 9.38. The molecule has 2 aromatic rings. The Hall–Kier alpha value is -2.06. The second-order valence-corrected chi connectivity index (χ2v) is 6.98. The molecule has 0 radical (unpaired) electrons. The average Bonchev–Trinajstić information content (AvgIpc) is 2.58. The van der Waals surface area contributed by atoms with E-state index in [0.29, 0.717) is 11.3 Å². The summed E-state index contributed by atoms with van der Waals surface area (Å²) in [7, 11) is 0. The van der Waals surface area contributed by atoms with Gasteiger partial charge in [-0.3, -0.25) is 4.79 Å². The van der Waals surface area contributed by atoms with Crippen molar-refractivity contribution in [2.75, 3.05) is 17.3 Å². The molecule has 8 heteroatoms. The number of aromatic nitrogens is 2. The van der Waals surface area contributed by atoms with Crippen LogP contribution < -0.4 is 10.2 Å². The molecular weight excluding hydrogens is 344 g/mol. The zero-order valence-electron chi connectivity index (χ0n) is 12.8. The zero-order chi connectivity index (χ0) is 16.6. The Morgan fingerprint density at radius 2 is 2.21 bits per heavy atom. The maximum Gasteiger partial charge on any atom is 0.250 e. The smallest absolute Gasteiger partial charge is 0.250 e. The number of nitrogens with zero attached hydrogens (tertiary/aromatic N) is 3. The van der Waals surface area contributed by atoms with Gasteiger partial charge in [-0.05, 0) is 23.8 Å². The fraction of sp³-hybridized carbons (Fsp3) is 0.250. The summed E-state index contributed by atoms with van der Waals surface area (Å²) >= 11 is 3.14.